The fraction of sp³-hybridized carbons (Fsp3) is 0.182. The second-order valence-electron chi connectivity index (χ2n) is 3.65. The number of aromatic nitrogens is 1. The van der Waals surface area contributed by atoms with Crippen LogP contribution in [0.1, 0.15) is 11.5 Å². The Kier molecular flexibility index (Phi) is 3.22. The van der Waals surface area contributed by atoms with E-state index >= 15 is 0 Å². The summed E-state index contributed by atoms with van der Waals surface area (Å²) in [5, 5.41) is 4.15. The molecule has 6 heteroatoms. The number of rotatable bonds is 3. The van der Waals surface area contributed by atoms with Gasteiger partial charge >= 0.3 is 0 Å². The van der Waals surface area contributed by atoms with Crippen LogP contribution in [0.4, 0.5) is 0 Å². The minimum Gasteiger partial charge on any atom is -0.360 e. The van der Waals surface area contributed by atoms with E-state index in [0.717, 1.165) is 0 Å². The van der Waals surface area contributed by atoms with Crippen molar-refractivity contribution < 1.29 is 12.9 Å². The number of nitrogens with zero attached hydrogens (tertiary/aromatic N) is 1. The van der Waals surface area contributed by atoms with E-state index in [9.17, 15) is 8.42 Å². The summed E-state index contributed by atoms with van der Waals surface area (Å²) < 4.78 is 28.9. The lowest BCUT2D eigenvalue weighted by atomic mass is 10.4. The molecule has 17 heavy (non-hydrogen) atoms. The summed E-state index contributed by atoms with van der Waals surface area (Å²) in [7, 11) is -3.41. The number of hydrogen-bond acceptors (Lipinski definition) is 4. The highest BCUT2D eigenvalue weighted by Gasteiger charge is 2.17. The molecule has 0 aliphatic heterocycles. The van der Waals surface area contributed by atoms with Crippen molar-refractivity contribution in [1.82, 2.24) is 5.16 Å². The summed E-state index contributed by atoms with van der Waals surface area (Å²) in [6.45, 7) is 1.74. The van der Waals surface area contributed by atoms with Crippen LogP contribution in [-0.2, 0) is 15.6 Å². The third kappa shape index (κ3) is 2.87. The lowest BCUT2D eigenvalue weighted by molar-refractivity contribution is 0.388. The Morgan fingerprint density at radius 2 is 1.94 bits per heavy atom. The van der Waals surface area contributed by atoms with E-state index in [0.29, 0.717) is 16.5 Å². The zero-order chi connectivity index (χ0) is 12.5. The average molecular weight is 272 g/mol. The normalized spacial score (nSPS) is 11.6. The molecule has 0 aliphatic carbocycles. The van der Waals surface area contributed by atoms with Crippen LogP contribution in [0.15, 0.2) is 39.8 Å². The van der Waals surface area contributed by atoms with Gasteiger partial charge in [-0.15, -0.1) is 0 Å². The van der Waals surface area contributed by atoms with Crippen molar-refractivity contribution >= 4 is 21.4 Å². The Morgan fingerprint density at radius 3 is 2.47 bits per heavy atom. The molecule has 90 valence electrons. The maximum Gasteiger partial charge on any atom is 0.185 e. The van der Waals surface area contributed by atoms with Crippen molar-refractivity contribution in [3.63, 3.8) is 0 Å². The largest absolute Gasteiger partial charge is 0.360 e. The monoisotopic (exact) mass is 271 g/mol. The second-order valence-corrected chi connectivity index (χ2v) is 6.07. The Labute approximate surface area is 104 Å². The quantitative estimate of drug-likeness (QED) is 0.861. The van der Waals surface area contributed by atoms with Crippen molar-refractivity contribution in [3.05, 3.63) is 46.8 Å². The van der Waals surface area contributed by atoms with Crippen LogP contribution >= 0.6 is 11.6 Å². The second kappa shape index (κ2) is 4.50. The van der Waals surface area contributed by atoms with Gasteiger partial charge in [-0.2, -0.15) is 0 Å². The standard InChI is InChI=1S/C11H10ClNO3S/c1-8-6-10(16-13-8)7-17(14,15)11-4-2-9(12)3-5-11/h2-6H,7H2,1H3. The highest BCUT2D eigenvalue weighted by Crippen LogP contribution is 2.19. The van der Waals surface area contributed by atoms with Crippen molar-refractivity contribution in [2.75, 3.05) is 0 Å². The number of halogens is 1. The smallest absolute Gasteiger partial charge is 0.185 e. The van der Waals surface area contributed by atoms with E-state index in [1.165, 1.54) is 12.1 Å². The molecule has 1 aromatic heterocycles. The molecule has 0 bridgehead atoms. The van der Waals surface area contributed by atoms with Gasteiger partial charge in [0, 0.05) is 11.1 Å². The maximum atomic E-state index is 12.0. The summed E-state index contributed by atoms with van der Waals surface area (Å²) >= 11 is 5.70. The van der Waals surface area contributed by atoms with Gasteiger partial charge in [0.2, 0.25) is 0 Å². The maximum absolute atomic E-state index is 12.0. The molecule has 2 rings (SSSR count). The first kappa shape index (κ1) is 12.1. The fourth-order valence-electron chi connectivity index (χ4n) is 1.40. The molecule has 0 N–H and O–H groups in total. The first-order valence-electron chi connectivity index (χ1n) is 4.88. The third-order valence-electron chi connectivity index (χ3n) is 2.18. The van der Waals surface area contributed by atoms with Gasteiger partial charge in [-0.25, -0.2) is 8.42 Å². The van der Waals surface area contributed by atoms with Gasteiger partial charge < -0.3 is 4.52 Å². The molecular formula is C11H10ClNO3S. The van der Waals surface area contributed by atoms with Crippen LogP contribution in [0, 0.1) is 6.92 Å². The molecule has 0 amide bonds. The predicted molar refractivity (Wildman–Crippen MR) is 63.6 cm³/mol. The first-order chi connectivity index (χ1) is 7.97. The van der Waals surface area contributed by atoms with Crippen LogP contribution in [0.2, 0.25) is 5.02 Å². The number of benzene rings is 1. The van der Waals surface area contributed by atoms with Crippen LogP contribution < -0.4 is 0 Å². The minimum atomic E-state index is -3.41. The van der Waals surface area contributed by atoms with Crippen LogP contribution in [0.5, 0.6) is 0 Å². The Morgan fingerprint density at radius 1 is 1.29 bits per heavy atom. The molecular weight excluding hydrogens is 262 g/mol. The molecule has 4 nitrogen and oxygen atoms in total. The van der Waals surface area contributed by atoms with Crippen LogP contribution in [-0.4, -0.2) is 13.6 Å². The molecule has 0 radical (unpaired) electrons. The molecule has 0 aliphatic rings. The zero-order valence-electron chi connectivity index (χ0n) is 9.05. The van der Waals surface area contributed by atoms with Crippen molar-refractivity contribution in [2.45, 2.75) is 17.6 Å². The van der Waals surface area contributed by atoms with Gasteiger partial charge in [0.25, 0.3) is 0 Å². The molecule has 0 atom stereocenters. The van der Waals surface area contributed by atoms with E-state index in [4.69, 9.17) is 16.1 Å². The molecule has 0 saturated heterocycles. The van der Waals surface area contributed by atoms with Gasteiger partial charge in [0.05, 0.1) is 10.6 Å². The topological polar surface area (TPSA) is 60.2 Å². The van der Waals surface area contributed by atoms with Gasteiger partial charge in [-0.3, -0.25) is 0 Å². The van der Waals surface area contributed by atoms with Crippen molar-refractivity contribution in [2.24, 2.45) is 0 Å². The molecule has 1 aromatic carbocycles. The zero-order valence-corrected chi connectivity index (χ0v) is 10.6. The van der Waals surface area contributed by atoms with Gasteiger partial charge in [0.1, 0.15) is 5.75 Å². The summed E-state index contributed by atoms with van der Waals surface area (Å²) in [5.74, 6) is 0.132. The summed E-state index contributed by atoms with van der Waals surface area (Å²) in [6, 6.07) is 7.63. The molecule has 0 spiro atoms. The predicted octanol–water partition coefficient (Wildman–Crippen LogP) is 2.61. The van der Waals surface area contributed by atoms with E-state index in [1.807, 2.05) is 0 Å². The Balaban J connectivity index is 2.28. The van der Waals surface area contributed by atoms with E-state index in [1.54, 1.807) is 25.1 Å². The van der Waals surface area contributed by atoms with Gasteiger partial charge in [0.15, 0.2) is 15.6 Å². The summed E-state index contributed by atoms with van der Waals surface area (Å²) in [4.78, 5) is 0.218. The van der Waals surface area contributed by atoms with E-state index < -0.39 is 9.84 Å². The Bertz CT molecular complexity index is 616. The van der Waals surface area contributed by atoms with Crippen molar-refractivity contribution in [1.29, 1.82) is 0 Å². The summed E-state index contributed by atoms with van der Waals surface area (Å²) in [5.41, 5.74) is 0.659. The molecule has 1 heterocycles. The fourth-order valence-corrected chi connectivity index (χ4v) is 2.75. The number of sulfone groups is 1. The van der Waals surface area contributed by atoms with Crippen LogP contribution in [0.3, 0.4) is 0 Å². The lowest BCUT2D eigenvalue weighted by Gasteiger charge is -2.01. The van der Waals surface area contributed by atoms with Gasteiger partial charge in [-0.05, 0) is 31.2 Å². The first-order valence-corrected chi connectivity index (χ1v) is 6.91. The van der Waals surface area contributed by atoms with E-state index in [2.05, 4.69) is 5.16 Å². The van der Waals surface area contributed by atoms with Crippen LogP contribution in [0.25, 0.3) is 0 Å². The molecule has 0 unspecified atom stereocenters. The third-order valence-corrected chi connectivity index (χ3v) is 4.09. The minimum absolute atomic E-state index is 0.199. The number of hydrogen-bond donors (Lipinski definition) is 0. The molecule has 2 aromatic rings. The highest BCUT2D eigenvalue weighted by atomic mass is 35.5. The summed E-state index contributed by atoms with van der Waals surface area (Å²) in [6.07, 6.45) is 0. The van der Waals surface area contributed by atoms with Gasteiger partial charge in [-0.1, -0.05) is 16.8 Å². The molecule has 0 saturated carbocycles. The SMILES string of the molecule is Cc1cc(CS(=O)(=O)c2ccc(Cl)cc2)on1. The number of aryl methyl sites for hydroxylation is 1. The Hall–Kier alpha value is -1.33. The molecule has 0 fully saturated rings. The van der Waals surface area contributed by atoms with Crippen molar-refractivity contribution in [3.8, 4) is 0 Å². The average Bonchev–Trinajstić information content (AvgIpc) is 2.63. The lowest BCUT2D eigenvalue weighted by Crippen LogP contribution is -2.03. The highest BCUT2D eigenvalue weighted by molar-refractivity contribution is 7.90. The van der Waals surface area contributed by atoms with E-state index in [-0.39, 0.29) is 10.6 Å².